The van der Waals surface area contributed by atoms with Gasteiger partial charge in [0, 0.05) is 49.0 Å². The summed E-state index contributed by atoms with van der Waals surface area (Å²) >= 11 is 0. The molecule has 0 radical (unpaired) electrons. The van der Waals surface area contributed by atoms with Gasteiger partial charge in [0.1, 0.15) is 12.1 Å². The standard InChI is InChI=1S/C44H71N9O15/c1-34(2)40(42(56)50-38(4-3-11-47-44(45)59)41(55)49-37-7-5-35(6-8-37)32-53-13-9-36(33-53)43(57)58)51-39(54)10-14-60-16-18-62-20-22-64-24-26-66-28-30-68-31-29-67-27-25-65-23-21-63-19-17-61-15-12-48-52-46/h5-9,13,33-34,38,40H,3-4,10-12,14-32H2,1-2H3,(H,49,55)(H,50,56)(H,51,54)(H,57,58)(H3,45,47,59). The molecule has 1 aromatic heterocycles. The third-order valence-electron chi connectivity index (χ3n) is 9.30. The van der Waals surface area contributed by atoms with Crippen LogP contribution >= 0.6 is 0 Å². The number of azide groups is 1. The minimum Gasteiger partial charge on any atom is -0.478 e. The van der Waals surface area contributed by atoms with Crippen molar-refractivity contribution in [3.8, 4) is 0 Å². The largest absolute Gasteiger partial charge is 0.478 e. The molecule has 2 rings (SSSR count). The number of carbonyl (C=O) groups excluding carboxylic acids is 4. The van der Waals surface area contributed by atoms with Gasteiger partial charge in [-0.1, -0.05) is 31.1 Å². The van der Waals surface area contributed by atoms with E-state index in [9.17, 15) is 24.0 Å². The Morgan fingerprint density at radius 2 is 1.18 bits per heavy atom. The lowest BCUT2D eigenvalue weighted by atomic mass is 10.0. The van der Waals surface area contributed by atoms with Crippen molar-refractivity contribution in [2.24, 2.45) is 16.8 Å². The molecule has 0 bridgehead atoms. The van der Waals surface area contributed by atoms with Gasteiger partial charge in [-0.2, -0.15) is 0 Å². The lowest BCUT2D eigenvalue weighted by molar-refractivity contribution is -0.132. The predicted molar refractivity (Wildman–Crippen MR) is 247 cm³/mol. The van der Waals surface area contributed by atoms with Gasteiger partial charge in [-0.25, -0.2) is 9.59 Å². The highest BCUT2D eigenvalue weighted by molar-refractivity contribution is 5.98. The van der Waals surface area contributed by atoms with Crippen LogP contribution in [0.25, 0.3) is 10.4 Å². The van der Waals surface area contributed by atoms with Crippen molar-refractivity contribution in [1.29, 1.82) is 0 Å². The SMILES string of the molecule is CC(C)C(NC(=O)CCOCCOCCOCCOCCOCCOCCOCCOCCOCCN=[N+]=[N-])C(=O)NC(CCCNC(N)=O)C(=O)Nc1ccc(Cn2ccc(C(=O)O)c2)cc1. The lowest BCUT2D eigenvalue weighted by Crippen LogP contribution is -2.54. The number of urea groups is 1. The normalized spacial score (nSPS) is 12.0. The number of amides is 5. The van der Waals surface area contributed by atoms with E-state index >= 15 is 0 Å². The van der Waals surface area contributed by atoms with E-state index in [1.165, 1.54) is 12.3 Å². The molecule has 0 aliphatic heterocycles. The average molecular weight is 966 g/mol. The number of carbonyl (C=O) groups is 5. The van der Waals surface area contributed by atoms with Crippen molar-refractivity contribution in [1.82, 2.24) is 20.5 Å². The van der Waals surface area contributed by atoms with E-state index in [0.29, 0.717) is 131 Å². The molecule has 1 aromatic carbocycles. The summed E-state index contributed by atoms with van der Waals surface area (Å²) in [5.74, 6) is -2.78. The van der Waals surface area contributed by atoms with Crippen LogP contribution in [0.1, 0.15) is 49.0 Å². The van der Waals surface area contributed by atoms with Crippen molar-refractivity contribution in [3.05, 3.63) is 64.3 Å². The summed E-state index contributed by atoms with van der Waals surface area (Å²) in [5, 5.41) is 23.3. The molecule has 0 saturated heterocycles. The molecule has 7 N–H and O–H groups in total. The van der Waals surface area contributed by atoms with Gasteiger partial charge in [0.25, 0.3) is 0 Å². The van der Waals surface area contributed by atoms with E-state index in [1.54, 1.807) is 48.9 Å². The lowest BCUT2D eigenvalue weighted by Gasteiger charge is -2.25. The smallest absolute Gasteiger partial charge is 0.337 e. The second kappa shape index (κ2) is 38.6. The molecule has 0 aliphatic carbocycles. The summed E-state index contributed by atoms with van der Waals surface area (Å²) < 4.78 is 50.7. The monoisotopic (exact) mass is 966 g/mol. The predicted octanol–water partition coefficient (Wildman–Crippen LogP) is 2.10. The molecule has 0 saturated carbocycles. The Kier molecular flexibility index (Phi) is 33.3. The number of carboxylic acid groups (broad SMARTS) is 1. The molecule has 2 aromatic rings. The van der Waals surface area contributed by atoms with Crippen LogP contribution in [0.15, 0.2) is 47.8 Å². The van der Waals surface area contributed by atoms with E-state index in [4.69, 9.17) is 59.0 Å². The Labute approximate surface area is 397 Å². The van der Waals surface area contributed by atoms with E-state index in [2.05, 4.69) is 31.3 Å². The molecule has 0 spiro atoms. The number of nitrogens with two attached hydrogens (primary N) is 1. The number of ether oxygens (including phenoxy) is 9. The van der Waals surface area contributed by atoms with Crippen molar-refractivity contribution in [2.45, 2.75) is 51.7 Å². The van der Waals surface area contributed by atoms with E-state index in [1.807, 2.05) is 0 Å². The van der Waals surface area contributed by atoms with Crippen LogP contribution < -0.4 is 27.0 Å². The Balaban J connectivity index is 1.52. The van der Waals surface area contributed by atoms with Crippen molar-refractivity contribution >= 4 is 35.4 Å². The molecule has 5 amide bonds. The summed E-state index contributed by atoms with van der Waals surface area (Å²) in [6, 6.07) is 5.82. The van der Waals surface area contributed by atoms with Crippen LogP contribution in [0.5, 0.6) is 0 Å². The number of hydrogen-bond acceptors (Lipinski definition) is 15. The maximum Gasteiger partial charge on any atom is 0.337 e. The molecule has 2 atom stereocenters. The number of benzene rings is 1. The number of aromatic nitrogens is 1. The molecule has 24 heteroatoms. The summed E-state index contributed by atoms with van der Waals surface area (Å²) in [6.45, 7) is 11.5. The number of anilines is 1. The number of carboxylic acids is 1. The highest BCUT2D eigenvalue weighted by Crippen LogP contribution is 2.14. The quantitative estimate of drug-likeness (QED) is 0.0240. The number of rotatable bonds is 43. The fourth-order valence-corrected chi connectivity index (χ4v) is 5.80. The van der Waals surface area contributed by atoms with Gasteiger partial charge >= 0.3 is 12.0 Å². The van der Waals surface area contributed by atoms with Crippen LogP contribution in [-0.2, 0) is 63.6 Å². The van der Waals surface area contributed by atoms with Crippen LogP contribution in [0, 0.1) is 5.92 Å². The summed E-state index contributed by atoms with van der Waals surface area (Å²) in [5.41, 5.74) is 14.9. The van der Waals surface area contributed by atoms with Crippen molar-refractivity contribution in [2.75, 3.05) is 137 Å². The molecule has 0 aliphatic rings. The molecule has 382 valence electrons. The Morgan fingerprint density at radius 3 is 1.62 bits per heavy atom. The van der Waals surface area contributed by atoms with Gasteiger partial charge in [0.05, 0.1) is 124 Å². The zero-order valence-electron chi connectivity index (χ0n) is 39.3. The number of hydrogen-bond donors (Lipinski definition) is 6. The van der Waals surface area contributed by atoms with Crippen molar-refractivity contribution in [3.63, 3.8) is 0 Å². The first kappa shape index (κ1) is 58.7. The maximum atomic E-state index is 13.5. The number of aromatic carboxylic acids is 1. The Bertz CT molecular complexity index is 1750. The highest BCUT2D eigenvalue weighted by Gasteiger charge is 2.29. The van der Waals surface area contributed by atoms with E-state index in [-0.39, 0.29) is 44.1 Å². The van der Waals surface area contributed by atoms with Gasteiger partial charge in [0.2, 0.25) is 17.7 Å². The average Bonchev–Trinajstić information content (AvgIpc) is 3.79. The fraction of sp³-hybridized carbons (Fsp3) is 0.659. The number of nitrogens with zero attached hydrogens (tertiary/aromatic N) is 4. The third kappa shape index (κ3) is 30.1. The summed E-state index contributed by atoms with van der Waals surface area (Å²) in [4.78, 5) is 64.8. The third-order valence-corrected chi connectivity index (χ3v) is 9.30. The molecular formula is C44H71N9O15. The first-order valence-corrected chi connectivity index (χ1v) is 22.6. The minimum atomic E-state index is -1.02. The fourth-order valence-electron chi connectivity index (χ4n) is 5.80. The number of primary amides is 1. The molecule has 0 fully saturated rings. The summed E-state index contributed by atoms with van der Waals surface area (Å²) in [6.07, 6.45) is 3.68. The van der Waals surface area contributed by atoms with Gasteiger partial charge in [0.15, 0.2) is 0 Å². The Hall–Kier alpha value is -5.40. The highest BCUT2D eigenvalue weighted by atomic mass is 16.6. The van der Waals surface area contributed by atoms with Gasteiger partial charge < -0.3 is 79.3 Å². The Morgan fingerprint density at radius 1 is 0.691 bits per heavy atom. The van der Waals surface area contributed by atoms with Gasteiger partial charge in [-0.05, 0) is 48.1 Å². The maximum absolute atomic E-state index is 13.5. The molecule has 1 heterocycles. The summed E-state index contributed by atoms with van der Waals surface area (Å²) in [7, 11) is 0. The van der Waals surface area contributed by atoms with Crippen LogP contribution in [0.3, 0.4) is 0 Å². The van der Waals surface area contributed by atoms with Crippen LogP contribution in [-0.4, -0.2) is 183 Å². The first-order chi connectivity index (χ1) is 33.0. The second-order valence-electron chi connectivity index (χ2n) is 15.1. The second-order valence-corrected chi connectivity index (χ2v) is 15.1. The topological polar surface area (TPSA) is 316 Å². The number of nitrogens with one attached hydrogen (secondary N) is 4. The minimum absolute atomic E-state index is 0.00232. The zero-order chi connectivity index (χ0) is 49.5. The molecule has 68 heavy (non-hydrogen) atoms. The van der Waals surface area contributed by atoms with Gasteiger partial charge in [-0.3, -0.25) is 14.4 Å². The zero-order valence-corrected chi connectivity index (χ0v) is 39.3. The van der Waals surface area contributed by atoms with Crippen LogP contribution in [0.2, 0.25) is 0 Å². The van der Waals surface area contributed by atoms with Crippen LogP contribution in [0.4, 0.5) is 10.5 Å². The first-order valence-electron chi connectivity index (χ1n) is 22.6. The van der Waals surface area contributed by atoms with Crippen molar-refractivity contribution < 1.29 is 71.7 Å². The molecular weight excluding hydrogens is 895 g/mol. The van der Waals surface area contributed by atoms with Gasteiger partial charge in [-0.15, -0.1) is 0 Å². The molecule has 2 unspecified atom stereocenters. The van der Waals surface area contributed by atoms with E-state index < -0.39 is 41.8 Å². The molecule has 24 nitrogen and oxygen atoms in total. The van der Waals surface area contributed by atoms with E-state index in [0.717, 1.165) is 5.56 Å².